The number of amides is 2. The van der Waals surface area contributed by atoms with E-state index in [0.717, 1.165) is 18.4 Å². The Morgan fingerprint density at radius 3 is 2.41 bits per heavy atom. The Morgan fingerprint density at radius 2 is 1.72 bits per heavy atom. The van der Waals surface area contributed by atoms with Gasteiger partial charge in [-0.25, -0.2) is 4.39 Å². The van der Waals surface area contributed by atoms with Crippen LogP contribution in [0, 0.1) is 17.7 Å². The molecule has 1 saturated heterocycles. The highest BCUT2D eigenvalue weighted by Crippen LogP contribution is 2.41. The Hall–Kier alpha value is -2.73. The molecule has 29 heavy (non-hydrogen) atoms. The van der Waals surface area contributed by atoms with Crippen molar-refractivity contribution >= 4 is 11.8 Å². The lowest BCUT2D eigenvalue weighted by molar-refractivity contribution is -0.131. The number of nitrogens with two attached hydrogens (primary N) is 1. The Bertz CT molecular complexity index is 871. The van der Waals surface area contributed by atoms with Crippen molar-refractivity contribution in [1.82, 2.24) is 10.2 Å². The van der Waals surface area contributed by atoms with Gasteiger partial charge in [0, 0.05) is 31.6 Å². The van der Waals surface area contributed by atoms with Crippen LogP contribution in [-0.4, -0.2) is 42.4 Å². The molecule has 3 N–H and O–H groups in total. The van der Waals surface area contributed by atoms with Gasteiger partial charge in [-0.15, -0.1) is 0 Å². The van der Waals surface area contributed by atoms with Crippen LogP contribution in [-0.2, 0) is 16.0 Å². The van der Waals surface area contributed by atoms with Crippen molar-refractivity contribution in [1.29, 1.82) is 0 Å². The predicted molar refractivity (Wildman–Crippen MR) is 108 cm³/mol. The van der Waals surface area contributed by atoms with E-state index in [9.17, 15) is 14.0 Å². The van der Waals surface area contributed by atoms with Gasteiger partial charge in [0.05, 0.1) is 11.8 Å². The Balaban J connectivity index is 1.33. The van der Waals surface area contributed by atoms with Crippen LogP contribution in [0.15, 0.2) is 54.6 Å². The maximum Gasteiger partial charge on any atom is 0.225 e. The number of carbonyl (C=O) groups excluding carboxylic acids is 2. The molecular weight excluding hydrogens is 369 g/mol. The van der Waals surface area contributed by atoms with Crippen LogP contribution in [0.25, 0.3) is 0 Å². The van der Waals surface area contributed by atoms with Gasteiger partial charge in [-0.1, -0.05) is 42.5 Å². The number of nitrogens with one attached hydrogen (secondary N) is 1. The summed E-state index contributed by atoms with van der Waals surface area (Å²) in [6, 6.07) is 16.7. The Labute approximate surface area is 170 Å². The third-order valence-corrected chi connectivity index (χ3v) is 6.07. The summed E-state index contributed by atoms with van der Waals surface area (Å²) in [5, 5.41) is 3.11. The van der Waals surface area contributed by atoms with Gasteiger partial charge in [0.2, 0.25) is 11.8 Å². The molecule has 1 saturated carbocycles. The van der Waals surface area contributed by atoms with Gasteiger partial charge in [0.25, 0.3) is 0 Å². The zero-order valence-electron chi connectivity index (χ0n) is 16.3. The van der Waals surface area contributed by atoms with Gasteiger partial charge in [-0.05, 0) is 36.1 Å². The summed E-state index contributed by atoms with van der Waals surface area (Å²) in [7, 11) is 0. The number of rotatable bonds is 7. The van der Waals surface area contributed by atoms with E-state index < -0.39 is 17.7 Å². The van der Waals surface area contributed by atoms with E-state index in [2.05, 4.69) is 22.3 Å². The van der Waals surface area contributed by atoms with E-state index >= 15 is 0 Å². The SMILES string of the molecule is NC(=O)C1CN(CCc2ccc(F)cc2)CC1C(=O)N[C@H]1C[C@@H]1c1ccccc1. The number of nitrogens with zero attached hydrogens (tertiary/aromatic N) is 1. The number of likely N-dealkylation sites (tertiary alicyclic amines) is 1. The number of hydrogen-bond acceptors (Lipinski definition) is 3. The number of halogens is 1. The first-order valence-corrected chi connectivity index (χ1v) is 10.1. The standard InChI is InChI=1S/C23H26FN3O2/c24-17-8-6-15(7-9-17)10-11-27-13-19(22(25)28)20(14-27)23(29)26-21-12-18(21)16-4-2-1-3-5-16/h1-9,18-21H,10-14H2,(H2,25,28)(H,26,29)/t18-,19?,20?,21+/m1/s1. The van der Waals surface area contributed by atoms with E-state index in [1.807, 2.05) is 18.2 Å². The molecule has 1 aliphatic carbocycles. The van der Waals surface area contributed by atoms with Crippen LogP contribution in [0.3, 0.4) is 0 Å². The van der Waals surface area contributed by atoms with E-state index in [-0.39, 0.29) is 17.8 Å². The lowest BCUT2D eigenvalue weighted by Crippen LogP contribution is -2.40. The predicted octanol–water partition coefficient (Wildman–Crippen LogP) is 2.07. The van der Waals surface area contributed by atoms with Gasteiger partial charge >= 0.3 is 0 Å². The molecule has 0 radical (unpaired) electrons. The van der Waals surface area contributed by atoms with E-state index in [1.165, 1.54) is 17.7 Å². The highest BCUT2D eigenvalue weighted by Gasteiger charge is 2.45. The van der Waals surface area contributed by atoms with Crippen LogP contribution < -0.4 is 11.1 Å². The lowest BCUT2D eigenvalue weighted by atomic mass is 9.94. The van der Waals surface area contributed by atoms with Crippen LogP contribution in [0.5, 0.6) is 0 Å². The maximum absolute atomic E-state index is 13.0. The molecule has 5 nitrogen and oxygen atoms in total. The monoisotopic (exact) mass is 395 g/mol. The summed E-state index contributed by atoms with van der Waals surface area (Å²) in [4.78, 5) is 26.9. The zero-order valence-corrected chi connectivity index (χ0v) is 16.3. The molecule has 2 aliphatic rings. The molecule has 0 bridgehead atoms. The molecule has 4 rings (SSSR count). The van der Waals surface area contributed by atoms with Crippen LogP contribution in [0.2, 0.25) is 0 Å². The van der Waals surface area contributed by atoms with Gasteiger partial charge in [0.1, 0.15) is 5.82 Å². The van der Waals surface area contributed by atoms with Crippen molar-refractivity contribution in [2.75, 3.05) is 19.6 Å². The molecule has 6 heteroatoms. The quantitative estimate of drug-likeness (QED) is 0.754. The second-order valence-corrected chi connectivity index (χ2v) is 8.12. The molecule has 1 aliphatic heterocycles. The minimum Gasteiger partial charge on any atom is -0.369 e. The Kier molecular flexibility index (Phi) is 5.62. The fourth-order valence-corrected chi connectivity index (χ4v) is 4.27. The van der Waals surface area contributed by atoms with Crippen molar-refractivity contribution in [3.63, 3.8) is 0 Å². The first-order chi connectivity index (χ1) is 14.0. The minimum atomic E-state index is -0.475. The second kappa shape index (κ2) is 8.33. The number of primary amides is 1. The summed E-state index contributed by atoms with van der Waals surface area (Å²) < 4.78 is 13.0. The van der Waals surface area contributed by atoms with E-state index in [1.54, 1.807) is 12.1 Å². The maximum atomic E-state index is 13.0. The molecule has 4 atom stereocenters. The lowest BCUT2D eigenvalue weighted by Gasteiger charge is -2.16. The molecule has 2 unspecified atom stereocenters. The summed E-state index contributed by atoms with van der Waals surface area (Å²) in [6.45, 7) is 1.71. The van der Waals surface area contributed by atoms with Gasteiger partial charge < -0.3 is 16.0 Å². The Morgan fingerprint density at radius 1 is 1.03 bits per heavy atom. The number of hydrogen-bond donors (Lipinski definition) is 2. The molecule has 2 fully saturated rings. The van der Waals surface area contributed by atoms with E-state index in [4.69, 9.17) is 5.73 Å². The fourth-order valence-electron chi connectivity index (χ4n) is 4.27. The number of benzene rings is 2. The molecule has 2 amide bonds. The van der Waals surface area contributed by atoms with Crippen molar-refractivity contribution in [2.24, 2.45) is 17.6 Å². The average molecular weight is 395 g/mol. The first-order valence-electron chi connectivity index (χ1n) is 10.1. The molecule has 0 aromatic heterocycles. The highest BCUT2D eigenvalue weighted by atomic mass is 19.1. The molecular formula is C23H26FN3O2. The van der Waals surface area contributed by atoms with Crippen LogP contribution in [0.1, 0.15) is 23.5 Å². The minimum absolute atomic E-state index is 0.0819. The topological polar surface area (TPSA) is 75.4 Å². The zero-order chi connectivity index (χ0) is 20.4. The fraction of sp³-hybridized carbons (Fsp3) is 0.391. The summed E-state index contributed by atoms with van der Waals surface area (Å²) in [5.41, 5.74) is 7.85. The largest absolute Gasteiger partial charge is 0.369 e. The third-order valence-electron chi connectivity index (χ3n) is 6.07. The second-order valence-electron chi connectivity index (χ2n) is 8.12. The highest BCUT2D eigenvalue weighted by molar-refractivity contribution is 5.88. The van der Waals surface area contributed by atoms with Crippen LogP contribution in [0.4, 0.5) is 4.39 Å². The smallest absolute Gasteiger partial charge is 0.225 e. The van der Waals surface area contributed by atoms with Crippen molar-refractivity contribution < 1.29 is 14.0 Å². The van der Waals surface area contributed by atoms with E-state index in [0.29, 0.717) is 25.6 Å². The molecule has 1 heterocycles. The first kappa shape index (κ1) is 19.6. The van der Waals surface area contributed by atoms with Crippen molar-refractivity contribution in [2.45, 2.75) is 24.8 Å². The van der Waals surface area contributed by atoms with Gasteiger partial charge in [0.15, 0.2) is 0 Å². The van der Waals surface area contributed by atoms with Crippen molar-refractivity contribution in [3.8, 4) is 0 Å². The van der Waals surface area contributed by atoms with Crippen LogP contribution >= 0.6 is 0 Å². The van der Waals surface area contributed by atoms with Crippen molar-refractivity contribution in [3.05, 3.63) is 71.5 Å². The van der Waals surface area contributed by atoms with Gasteiger partial charge in [-0.2, -0.15) is 0 Å². The molecule has 0 spiro atoms. The number of carbonyl (C=O) groups is 2. The average Bonchev–Trinajstić information content (AvgIpc) is 3.34. The summed E-state index contributed by atoms with van der Waals surface area (Å²) in [5.74, 6) is -1.31. The van der Waals surface area contributed by atoms with Gasteiger partial charge in [-0.3, -0.25) is 9.59 Å². The summed E-state index contributed by atoms with van der Waals surface area (Å²) >= 11 is 0. The molecule has 2 aromatic carbocycles. The molecule has 152 valence electrons. The summed E-state index contributed by atoms with van der Waals surface area (Å²) in [6.07, 6.45) is 1.66. The normalized spacial score (nSPS) is 26.2. The molecule has 2 aromatic rings. The third kappa shape index (κ3) is 4.65.